The topological polar surface area (TPSA) is 0 Å². The average Bonchev–Trinajstić information content (AvgIpc) is 2.78. The first kappa shape index (κ1) is 16.3. The highest BCUT2D eigenvalue weighted by Gasteiger charge is 2.55. The molecule has 0 N–H and O–H groups in total. The molecule has 3 rings (SSSR count). The largest absolute Gasteiger partial charge is 0.0999 e. The third-order valence-corrected chi connectivity index (χ3v) is 7.99. The van der Waals surface area contributed by atoms with Crippen LogP contribution in [0.15, 0.2) is 24.3 Å². The summed E-state index contributed by atoms with van der Waals surface area (Å²) in [5, 5.41) is 0. The molecule has 0 nitrogen and oxygen atoms in total. The van der Waals surface area contributed by atoms with Crippen molar-refractivity contribution in [1.29, 1.82) is 0 Å². The number of allylic oxidation sites excluding steroid dienone is 2. The van der Waals surface area contributed by atoms with Crippen LogP contribution in [0, 0.1) is 34.5 Å². The summed E-state index contributed by atoms with van der Waals surface area (Å²) in [5.74, 6) is 3.56. The van der Waals surface area contributed by atoms with E-state index in [9.17, 15) is 0 Å². The van der Waals surface area contributed by atoms with Gasteiger partial charge in [-0.3, -0.25) is 0 Å². The molecule has 0 saturated heterocycles. The van der Waals surface area contributed by atoms with Crippen LogP contribution in [0.5, 0.6) is 0 Å². The molecule has 0 aromatic heterocycles. The molecule has 0 heteroatoms. The van der Waals surface area contributed by atoms with Gasteiger partial charge in [0.2, 0.25) is 0 Å². The summed E-state index contributed by atoms with van der Waals surface area (Å²) in [6, 6.07) is 0. The van der Waals surface area contributed by atoms with Gasteiger partial charge in [0.25, 0.3) is 0 Å². The summed E-state index contributed by atoms with van der Waals surface area (Å²) in [6.45, 7) is 18.6. The standard InChI is InChI=1S/C22H36/c1-15(2)18-9-10-20-17-8-7-16(3)11-13-21(4,5)19(17)12-14-22(18,20)6/h17-20H,1,3,7-14H2,2,4-6H3. The Morgan fingerprint density at radius 2 is 1.68 bits per heavy atom. The Kier molecular flexibility index (Phi) is 4.11. The van der Waals surface area contributed by atoms with Gasteiger partial charge < -0.3 is 0 Å². The summed E-state index contributed by atoms with van der Waals surface area (Å²) in [5.41, 5.74) is 3.98. The molecule has 22 heavy (non-hydrogen) atoms. The second-order valence-corrected chi connectivity index (χ2v) is 9.67. The van der Waals surface area contributed by atoms with E-state index in [1.54, 1.807) is 0 Å². The van der Waals surface area contributed by atoms with Gasteiger partial charge in [-0.25, -0.2) is 0 Å². The summed E-state index contributed by atoms with van der Waals surface area (Å²) < 4.78 is 0. The van der Waals surface area contributed by atoms with E-state index in [2.05, 4.69) is 40.9 Å². The smallest absolute Gasteiger partial charge is 0.0152 e. The number of rotatable bonds is 1. The molecule has 0 radical (unpaired) electrons. The Bertz CT molecular complexity index is 468. The zero-order chi connectivity index (χ0) is 16.1. The van der Waals surface area contributed by atoms with Gasteiger partial charge in [0, 0.05) is 0 Å². The van der Waals surface area contributed by atoms with Gasteiger partial charge >= 0.3 is 0 Å². The van der Waals surface area contributed by atoms with Crippen molar-refractivity contribution >= 4 is 0 Å². The molecule has 3 saturated carbocycles. The number of hydrogen-bond acceptors (Lipinski definition) is 0. The van der Waals surface area contributed by atoms with Gasteiger partial charge in [0.1, 0.15) is 0 Å². The SMILES string of the molecule is C=C1CCC2C(CCC3(C)C(C(=C)C)CCC23)C(C)(C)CC1. The summed E-state index contributed by atoms with van der Waals surface area (Å²) in [7, 11) is 0. The molecule has 3 aliphatic rings. The van der Waals surface area contributed by atoms with E-state index in [0.29, 0.717) is 10.8 Å². The average molecular weight is 301 g/mol. The molecule has 0 aromatic rings. The minimum Gasteiger partial charge on any atom is -0.0999 e. The quantitative estimate of drug-likeness (QED) is 0.468. The maximum Gasteiger partial charge on any atom is -0.0152 e. The lowest BCUT2D eigenvalue weighted by molar-refractivity contribution is -0.0377. The van der Waals surface area contributed by atoms with Crippen LogP contribution in [0.25, 0.3) is 0 Å². The normalized spacial score (nSPS) is 44.6. The Morgan fingerprint density at radius 1 is 0.955 bits per heavy atom. The third kappa shape index (κ3) is 2.51. The molecular weight excluding hydrogens is 264 g/mol. The fourth-order valence-corrected chi connectivity index (χ4v) is 6.65. The van der Waals surface area contributed by atoms with Crippen LogP contribution in [-0.2, 0) is 0 Å². The first-order valence-electron chi connectivity index (χ1n) is 9.58. The Morgan fingerprint density at radius 3 is 2.36 bits per heavy atom. The first-order chi connectivity index (χ1) is 10.3. The maximum atomic E-state index is 4.35. The van der Waals surface area contributed by atoms with E-state index in [4.69, 9.17) is 0 Å². The van der Waals surface area contributed by atoms with Crippen molar-refractivity contribution in [3.63, 3.8) is 0 Å². The molecule has 0 amide bonds. The molecule has 0 aromatic carbocycles. The highest BCUT2D eigenvalue weighted by Crippen LogP contribution is 2.64. The summed E-state index contributed by atoms with van der Waals surface area (Å²) in [6.07, 6.45) is 11.0. The molecule has 0 spiro atoms. The van der Waals surface area contributed by atoms with Gasteiger partial charge in [0.05, 0.1) is 0 Å². The van der Waals surface area contributed by atoms with Crippen molar-refractivity contribution in [2.24, 2.45) is 34.5 Å². The van der Waals surface area contributed by atoms with Gasteiger partial charge in [-0.05, 0) is 92.8 Å². The van der Waals surface area contributed by atoms with Gasteiger partial charge in [0.15, 0.2) is 0 Å². The number of fused-ring (bicyclic) bond motifs is 3. The first-order valence-corrected chi connectivity index (χ1v) is 9.58. The fraction of sp³-hybridized carbons (Fsp3) is 0.818. The van der Waals surface area contributed by atoms with Crippen LogP contribution in [0.3, 0.4) is 0 Å². The van der Waals surface area contributed by atoms with Gasteiger partial charge in [-0.2, -0.15) is 0 Å². The molecule has 0 aliphatic heterocycles. The highest BCUT2D eigenvalue weighted by atomic mass is 14.6. The zero-order valence-electron chi connectivity index (χ0n) is 15.4. The van der Waals surface area contributed by atoms with Crippen LogP contribution in [0.1, 0.15) is 79.1 Å². The summed E-state index contributed by atoms with van der Waals surface area (Å²) >= 11 is 0. The lowest BCUT2D eigenvalue weighted by Crippen LogP contribution is -2.46. The minimum absolute atomic E-state index is 0.497. The van der Waals surface area contributed by atoms with Gasteiger partial charge in [-0.15, -0.1) is 0 Å². The van der Waals surface area contributed by atoms with E-state index in [1.807, 2.05) is 0 Å². The number of hydrogen-bond donors (Lipinski definition) is 0. The Labute approximate surface area is 138 Å². The molecule has 3 fully saturated rings. The molecular formula is C22H36. The van der Waals surface area contributed by atoms with Crippen molar-refractivity contribution < 1.29 is 0 Å². The van der Waals surface area contributed by atoms with Crippen molar-refractivity contribution in [2.45, 2.75) is 79.1 Å². The van der Waals surface area contributed by atoms with Crippen molar-refractivity contribution in [3.8, 4) is 0 Å². The van der Waals surface area contributed by atoms with Crippen LogP contribution < -0.4 is 0 Å². The second-order valence-electron chi connectivity index (χ2n) is 9.67. The summed E-state index contributed by atoms with van der Waals surface area (Å²) in [4.78, 5) is 0. The van der Waals surface area contributed by atoms with Crippen LogP contribution in [-0.4, -0.2) is 0 Å². The predicted molar refractivity (Wildman–Crippen MR) is 96.7 cm³/mol. The molecule has 5 unspecified atom stereocenters. The minimum atomic E-state index is 0.497. The van der Waals surface area contributed by atoms with E-state index >= 15 is 0 Å². The molecule has 124 valence electrons. The van der Waals surface area contributed by atoms with Crippen LogP contribution in [0.4, 0.5) is 0 Å². The lowest BCUT2D eigenvalue weighted by Gasteiger charge is -2.54. The zero-order valence-corrected chi connectivity index (χ0v) is 15.4. The van der Waals surface area contributed by atoms with E-state index in [1.165, 1.54) is 62.5 Å². The molecule has 5 atom stereocenters. The van der Waals surface area contributed by atoms with Crippen molar-refractivity contribution in [2.75, 3.05) is 0 Å². The van der Waals surface area contributed by atoms with E-state index in [-0.39, 0.29) is 0 Å². The maximum absolute atomic E-state index is 4.35. The third-order valence-electron chi connectivity index (χ3n) is 7.99. The second kappa shape index (κ2) is 5.53. The van der Waals surface area contributed by atoms with Crippen molar-refractivity contribution in [1.82, 2.24) is 0 Å². The fourth-order valence-electron chi connectivity index (χ4n) is 6.65. The van der Waals surface area contributed by atoms with E-state index in [0.717, 1.165) is 23.7 Å². The predicted octanol–water partition coefficient (Wildman–Crippen LogP) is 6.78. The molecule has 3 aliphatic carbocycles. The van der Waals surface area contributed by atoms with Crippen LogP contribution >= 0.6 is 0 Å². The Hall–Kier alpha value is -0.520. The monoisotopic (exact) mass is 300 g/mol. The molecule has 0 heterocycles. The van der Waals surface area contributed by atoms with Gasteiger partial charge in [-0.1, -0.05) is 45.1 Å². The van der Waals surface area contributed by atoms with Crippen molar-refractivity contribution in [3.05, 3.63) is 24.3 Å². The molecule has 0 bridgehead atoms. The highest BCUT2D eigenvalue weighted by molar-refractivity contribution is 5.14. The Balaban J connectivity index is 1.91. The lowest BCUT2D eigenvalue weighted by atomic mass is 9.51. The van der Waals surface area contributed by atoms with Crippen LogP contribution in [0.2, 0.25) is 0 Å². The van der Waals surface area contributed by atoms with E-state index < -0.39 is 0 Å².